The molecule has 1 heterocycles. The van der Waals surface area contributed by atoms with Gasteiger partial charge >= 0.3 is 11.9 Å². The third-order valence-electron chi connectivity index (χ3n) is 4.03. The van der Waals surface area contributed by atoms with Crippen LogP contribution in [0.15, 0.2) is 47.8 Å². The highest BCUT2D eigenvalue weighted by atomic mass is 32.1. The number of nitrogens with zero attached hydrogens (tertiary/aromatic N) is 2. The van der Waals surface area contributed by atoms with Crippen molar-refractivity contribution in [1.29, 1.82) is 0 Å². The van der Waals surface area contributed by atoms with Crippen LogP contribution in [-0.4, -0.2) is 52.6 Å². The molecule has 0 bridgehead atoms. The summed E-state index contributed by atoms with van der Waals surface area (Å²) in [5.74, 6) is -3.47. The standard InChI is InChI=1S/C18H24N2OS.C2H2O4/c1-4-17(21)20(18-11-8-12-22-18)13-15(2)19(3)14-16-9-6-5-7-10-16;3-1(4)2(5)6/h5-12,15H,4,13-14H2,1-3H3;(H,3,4)(H,5,6). The Morgan fingerprint density at radius 2 is 1.64 bits per heavy atom. The van der Waals surface area contributed by atoms with Crippen molar-refractivity contribution in [2.45, 2.75) is 32.9 Å². The number of likely N-dealkylation sites (N-methyl/N-ethyl adjacent to an activating group) is 1. The van der Waals surface area contributed by atoms with Gasteiger partial charge in [0.15, 0.2) is 0 Å². The van der Waals surface area contributed by atoms with Crippen LogP contribution in [0.1, 0.15) is 25.8 Å². The van der Waals surface area contributed by atoms with Crippen molar-refractivity contribution >= 4 is 34.2 Å². The molecule has 0 fully saturated rings. The lowest BCUT2D eigenvalue weighted by molar-refractivity contribution is -0.159. The monoisotopic (exact) mass is 406 g/mol. The number of benzene rings is 1. The van der Waals surface area contributed by atoms with E-state index < -0.39 is 11.9 Å². The predicted molar refractivity (Wildman–Crippen MR) is 110 cm³/mol. The highest BCUT2D eigenvalue weighted by Crippen LogP contribution is 2.23. The zero-order valence-electron chi connectivity index (χ0n) is 16.2. The Hall–Kier alpha value is -2.71. The van der Waals surface area contributed by atoms with Crippen molar-refractivity contribution < 1.29 is 24.6 Å². The Balaban J connectivity index is 0.000000568. The van der Waals surface area contributed by atoms with Gasteiger partial charge in [0.1, 0.15) is 0 Å². The Morgan fingerprint density at radius 3 is 2.11 bits per heavy atom. The highest BCUT2D eigenvalue weighted by molar-refractivity contribution is 7.14. The Labute approximate surface area is 168 Å². The van der Waals surface area contributed by atoms with Gasteiger partial charge < -0.3 is 15.1 Å². The van der Waals surface area contributed by atoms with Crippen molar-refractivity contribution in [3.63, 3.8) is 0 Å². The van der Waals surface area contributed by atoms with Gasteiger partial charge in [0.05, 0.1) is 5.00 Å². The van der Waals surface area contributed by atoms with E-state index in [0.717, 1.165) is 18.1 Å². The molecule has 0 aliphatic heterocycles. The molecule has 0 aliphatic rings. The number of carbonyl (C=O) groups excluding carboxylic acids is 1. The van der Waals surface area contributed by atoms with E-state index in [1.165, 1.54) is 5.56 Å². The first-order valence-corrected chi connectivity index (χ1v) is 9.68. The van der Waals surface area contributed by atoms with Crippen LogP contribution in [-0.2, 0) is 20.9 Å². The molecule has 0 spiro atoms. The van der Waals surface area contributed by atoms with E-state index in [2.05, 4.69) is 43.1 Å². The molecule has 0 saturated heterocycles. The maximum absolute atomic E-state index is 12.2. The maximum atomic E-state index is 12.2. The van der Waals surface area contributed by atoms with Gasteiger partial charge in [0.2, 0.25) is 5.91 Å². The molecule has 152 valence electrons. The number of thiophene rings is 1. The van der Waals surface area contributed by atoms with Crippen LogP contribution >= 0.6 is 11.3 Å². The average Bonchev–Trinajstić information content (AvgIpc) is 3.20. The number of hydrogen-bond acceptors (Lipinski definition) is 5. The Kier molecular flexibility index (Phi) is 9.91. The normalized spacial score (nSPS) is 11.3. The van der Waals surface area contributed by atoms with E-state index in [1.54, 1.807) is 11.3 Å². The third kappa shape index (κ3) is 7.89. The Bertz CT molecular complexity index is 737. The molecule has 1 aromatic heterocycles. The van der Waals surface area contributed by atoms with Crippen LogP contribution in [0.25, 0.3) is 0 Å². The first kappa shape index (κ1) is 23.3. The van der Waals surface area contributed by atoms with Crippen molar-refractivity contribution in [2.75, 3.05) is 18.5 Å². The number of aliphatic carboxylic acids is 2. The lowest BCUT2D eigenvalue weighted by atomic mass is 10.2. The third-order valence-corrected chi connectivity index (χ3v) is 4.92. The molecular formula is C20H26N2O5S. The fraction of sp³-hybridized carbons (Fsp3) is 0.350. The van der Waals surface area contributed by atoms with E-state index in [1.807, 2.05) is 35.4 Å². The SMILES string of the molecule is CCC(=O)N(CC(C)N(C)Cc1ccccc1)c1cccs1.O=C(O)C(=O)O. The summed E-state index contributed by atoms with van der Waals surface area (Å²) in [5, 5.41) is 17.8. The summed E-state index contributed by atoms with van der Waals surface area (Å²) in [7, 11) is 2.11. The van der Waals surface area contributed by atoms with E-state index in [-0.39, 0.29) is 11.9 Å². The predicted octanol–water partition coefficient (Wildman–Crippen LogP) is 3.17. The number of carboxylic acid groups (broad SMARTS) is 2. The van der Waals surface area contributed by atoms with Gasteiger partial charge in [-0.2, -0.15) is 0 Å². The van der Waals surface area contributed by atoms with Crippen molar-refractivity contribution in [3.05, 3.63) is 53.4 Å². The van der Waals surface area contributed by atoms with Crippen LogP contribution < -0.4 is 4.90 Å². The zero-order valence-corrected chi connectivity index (χ0v) is 17.1. The number of carbonyl (C=O) groups is 3. The minimum Gasteiger partial charge on any atom is -0.473 e. The number of hydrogen-bond donors (Lipinski definition) is 2. The number of carboxylic acids is 2. The summed E-state index contributed by atoms with van der Waals surface area (Å²) in [5.41, 5.74) is 1.29. The fourth-order valence-corrected chi connectivity index (χ4v) is 3.12. The molecule has 1 aromatic carbocycles. The summed E-state index contributed by atoms with van der Waals surface area (Å²) < 4.78 is 0. The fourth-order valence-electron chi connectivity index (χ4n) is 2.36. The van der Waals surface area contributed by atoms with E-state index >= 15 is 0 Å². The van der Waals surface area contributed by atoms with Crippen LogP contribution in [0.3, 0.4) is 0 Å². The van der Waals surface area contributed by atoms with Crippen LogP contribution in [0.4, 0.5) is 5.00 Å². The number of anilines is 1. The number of amides is 1. The molecule has 2 N–H and O–H groups in total. The first-order chi connectivity index (χ1) is 13.3. The van der Waals surface area contributed by atoms with Crippen molar-refractivity contribution in [3.8, 4) is 0 Å². The molecule has 2 rings (SSSR count). The summed E-state index contributed by atoms with van der Waals surface area (Å²) in [6, 6.07) is 14.7. The Morgan fingerprint density at radius 1 is 1.04 bits per heavy atom. The summed E-state index contributed by atoms with van der Waals surface area (Å²) in [4.78, 5) is 34.6. The van der Waals surface area contributed by atoms with Crippen LogP contribution in [0.2, 0.25) is 0 Å². The zero-order chi connectivity index (χ0) is 21.1. The van der Waals surface area contributed by atoms with Crippen molar-refractivity contribution in [1.82, 2.24) is 4.90 Å². The van der Waals surface area contributed by atoms with Gasteiger partial charge in [-0.15, -0.1) is 11.3 Å². The topological polar surface area (TPSA) is 98.2 Å². The molecule has 1 atom stereocenters. The lowest BCUT2D eigenvalue weighted by Gasteiger charge is -2.30. The summed E-state index contributed by atoms with van der Waals surface area (Å²) >= 11 is 1.62. The molecular weight excluding hydrogens is 380 g/mol. The molecule has 0 aliphatic carbocycles. The molecule has 7 nitrogen and oxygen atoms in total. The second kappa shape index (κ2) is 11.9. The van der Waals surface area contributed by atoms with E-state index in [0.29, 0.717) is 6.42 Å². The van der Waals surface area contributed by atoms with Gasteiger partial charge in [-0.3, -0.25) is 9.69 Å². The molecule has 0 saturated carbocycles. The summed E-state index contributed by atoms with van der Waals surface area (Å²) in [6.07, 6.45) is 0.535. The smallest absolute Gasteiger partial charge is 0.414 e. The average molecular weight is 407 g/mol. The van der Waals surface area contributed by atoms with Gasteiger partial charge in [-0.25, -0.2) is 9.59 Å². The number of rotatable bonds is 7. The van der Waals surface area contributed by atoms with Gasteiger partial charge in [-0.05, 0) is 37.0 Å². The second-order valence-corrected chi connectivity index (χ2v) is 7.10. The highest BCUT2D eigenvalue weighted by Gasteiger charge is 2.20. The van der Waals surface area contributed by atoms with Gasteiger partial charge in [0, 0.05) is 25.6 Å². The molecule has 28 heavy (non-hydrogen) atoms. The minimum atomic E-state index is -1.82. The van der Waals surface area contributed by atoms with Gasteiger partial charge in [-0.1, -0.05) is 37.3 Å². The lowest BCUT2D eigenvalue weighted by Crippen LogP contribution is -2.42. The second-order valence-electron chi connectivity index (χ2n) is 6.17. The maximum Gasteiger partial charge on any atom is 0.414 e. The molecule has 1 unspecified atom stereocenters. The quantitative estimate of drug-likeness (QED) is 0.686. The van der Waals surface area contributed by atoms with E-state index in [9.17, 15) is 4.79 Å². The van der Waals surface area contributed by atoms with Crippen LogP contribution in [0.5, 0.6) is 0 Å². The van der Waals surface area contributed by atoms with E-state index in [4.69, 9.17) is 19.8 Å². The van der Waals surface area contributed by atoms with Gasteiger partial charge in [0.25, 0.3) is 0 Å². The molecule has 2 aromatic rings. The first-order valence-electron chi connectivity index (χ1n) is 8.80. The largest absolute Gasteiger partial charge is 0.473 e. The molecule has 1 amide bonds. The molecule has 8 heteroatoms. The van der Waals surface area contributed by atoms with Crippen molar-refractivity contribution in [2.24, 2.45) is 0 Å². The molecule has 0 radical (unpaired) electrons. The van der Waals surface area contributed by atoms with Crippen LogP contribution in [0, 0.1) is 0 Å². The summed E-state index contributed by atoms with van der Waals surface area (Å²) in [6.45, 7) is 5.70. The minimum absolute atomic E-state index is 0.183.